The number of hydrazine groups is 1. The van der Waals surface area contributed by atoms with Gasteiger partial charge in [-0.1, -0.05) is 5.10 Å². The summed E-state index contributed by atoms with van der Waals surface area (Å²) in [6, 6.07) is 0. The Balaban J connectivity index is 2.61. The van der Waals surface area contributed by atoms with Gasteiger partial charge in [0.15, 0.2) is 0 Å². The van der Waals surface area contributed by atoms with Crippen molar-refractivity contribution in [1.82, 2.24) is 25.6 Å². The normalized spacial score (nSPS) is 9.56. The zero-order chi connectivity index (χ0) is 6.69. The van der Waals surface area contributed by atoms with E-state index in [-0.39, 0.29) is 0 Å². The molecule has 1 aromatic rings. The van der Waals surface area contributed by atoms with Gasteiger partial charge in [0, 0.05) is 7.05 Å². The second kappa shape index (κ2) is 2.40. The maximum Gasteiger partial charge on any atom is 0.277 e. The fraction of sp³-hybridized carbons (Fsp3) is 0.667. The number of nitrogens with one attached hydrogen (secondary N) is 2. The third-order valence-corrected chi connectivity index (χ3v) is 0.745. The molecule has 1 aromatic heterocycles. The molecule has 0 saturated carbocycles. The summed E-state index contributed by atoms with van der Waals surface area (Å²) in [6.07, 6.45) is 0. The largest absolute Gasteiger partial charge is 0.287 e. The van der Waals surface area contributed by atoms with Crippen LogP contribution in [0.15, 0.2) is 0 Å². The van der Waals surface area contributed by atoms with Gasteiger partial charge in [-0.2, -0.15) is 4.80 Å². The van der Waals surface area contributed by atoms with E-state index < -0.39 is 0 Å². The highest BCUT2D eigenvalue weighted by molar-refractivity contribution is 5.15. The van der Waals surface area contributed by atoms with Crippen molar-refractivity contribution < 1.29 is 0 Å². The Labute approximate surface area is 52.2 Å². The van der Waals surface area contributed by atoms with Crippen LogP contribution in [-0.2, 0) is 7.05 Å². The van der Waals surface area contributed by atoms with Gasteiger partial charge in [0.25, 0.3) is 5.95 Å². The van der Waals surface area contributed by atoms with E-state index in [1.807, 2.05) is 0 Å². The standard InChI is InChI=1S/C3H8N6/c1-4-5-3-6-8-9(2)7-3/h4H,1-2H3,(H,5,7). The van der Waals surface area contributed by atoms with E-state index in [2.05, 4.69) is 26.3 Å². The maximum atomic E-state index is 3.82. The molecule has 0 fully saturated rings. The average molecular weight is 128 g/mol. The highest BCUT2D eigenvalue weighted by atomic mass is 15.6. The summed E-state index contributed by atoms with van der Waals surface area (Å²) in [7, 11) is 3.43. The first-order valence-electron chi connectivity index (χ1n) is 2.49. The Morgan fingerprint density at radius 3 is 2.78 bits per heavy atom. The molecule has 0 atom stereocenters. The highest BCUT2D eigenvalue weighted by Gasteiger charge is 1.93. The first-order valence-corrected chi connectivity index (χ1v) is 2.49. The van der Waals surface area contributed by atoms with Crippen LogP contribution in [0.25, 0.3) is 0 Å². The van der Waals surface area contributed by atoms with Gasteiger partial charge in [0.1, 0.15) is 0 Å². The Morgan fingerprint density at radius 2 is 2.33 bits per heavy atom. The monoisotopic (exact) mass is 128 g/mol. The van der Waals surface area contributed by atoms with Crippen LogP contribution in [0.1, 0.15) is 0 Å². The summed E-state index contributed by atoms with van der Waals surface area (Å²) in [6.45, 7) is 0. The minimum absolute atomic E-state index is 0.472. The van der Waals surface area contributed by atoms with Gasteiger partial charge in [0.05, 0.1) is 7.05 Å². The van der Waals surface area contributed by atoms with Crippen molar-refractivity contribution in [2.24, 2.45) is 7.05 Å². The minimum Gasteiger partial charge on any atom is -0.287 e. The van der Waals surface area contributed by atoms with E-state index >= 15 is 0 Å². The van der Waals surface area contributed by atoms with Crippen LogP contribution in [0.5, 0.6) is 0 Å². The lowest BCUT2D eigenvalue weighted by Gasteiger charge is -1.92. The molecule has 2 N–H and O–H groups in total. The minimum atomic E-state index is 0.472. The first kappa shape index (κ1) is 5.96. The Kier molecular flexibility index (Phi) is 1.59. The maximum absolute atomic E-state index is 3.82. The number of tetrazole rings is 1. The summed E-state index contributed by atoms with van der Waals surface area (Å²) < 4.78 is 0. The van der Waals surface area contributed by atoms with E-state index in [0.717, 1.165) is 0 Å². The summed E-state index contributed by atoms with van der Waals surface area (Å²) in [5.74, 6) is 0.472. The molecule has 0 amide bonds. The molecule has 0 aromatic carbocycles. The lowest BCUT2D eigenvalue weighted by molar-refractivity contribution is 0.630. The predicted octanol–water partition coefficient (Wildman–Crippen LogP) is -1.24. The lowest BCUT2D eigenvalue weighted by Crippen LogP contribution is -2.16. The van der Waals surface area contributed by atoms with Gasteiger partial charge in [-0.3, -0.25) is 5.43 Å². The third-order valence-electron chi connectivity index (χ3n) is 0.745. The molecule has 0 radical (unpaired) electrons. The van der Waals surface area contributed by atoms with Crippen LogP contribution < -0.4 is 10.9 Å². The lowest BCUT2D eigenvalue weighted by atomic mass is 11.1. The number of aromatic nitrogens is 4. The van der Waals surface area contributed by atoms with Crippen molar-refractivity contribution in [1.29, 1.82) is 0 Å². The zero-order valence-electron chi connectivity index (χ0n) is 5.29. The molecule has 0 aliphatic heterocycles. The summed E-state index contributed by atoms with van der Waals surface area (Å²) in [4.78, 5) is 1.37. The quantitative estimate of drug-likeness (QED) is 0.487. The summed E-state index contributed by atoms with van der Waals surface area (Å²) in [5, 5.41) is 11.0. The Bertz CT molecular complexity index is 180. The van der Waals surface area contributed by atoms with Crippen molar-refractivity contribution in [2.75, 3.05) is 12.5 Å². The molecule has 0 saturated heterocycles. The predicted molar refractivity (Wildman–Crippen MR) is 31.5 cm³/mol. The SMILES string of the molecule is CNNc1nnn(C)n1. The fourth-order valence-corrected chi connectivity index (χ4v) is 0.446. The Hall–Kier alpha value is -1.17. The fourth-order valence-electron chi connectivity index (χ4n) is 0.446. The van der Waals surface area contributed by atoms with Crippen LogP contribution in [0.3, 0.4) is 0 Å². The zero-order valence-corrected chi connectivity index (χ0v) is 5.29. The molecule has 0 aliphatic carbocycles. The summed E-state index contributed by atoms with van der Waals surface area (Å²) in [5.41, 5.74) is 5.34. The van der Waals surface area contributed by atoms with Crippen molar-refractivity contribution in [3.05, 3.63) is 0 Å². The van der Waals surface area contributed by atoms with Crippen LogP contribution in [0.2, 0.25) is 0 Å². The number of rotatable bonds is 2. The van der Waals surface area contributed by atoms with Gasteiger partial charge < -0.3 is 0 Å². The molecule has 6 nitrogen and oxygen atoms in total. The second-order valence-corrected chi connectivity index (χ2v) is 1.48. The second-order valence-electron chi connectivity index (χ2n) is 1.48. The molecule has 6 heteroatoms. The molecule has 1 heterocycles. The van der Waals surface area contributed by atoms with Crippen molar-refractivity contribution in [2.45, 2.75) is 0 Å². The molecule has 0 spiro atoms. The van der Waals surface area contributed by atoms with Gasteiger partial charge >= 0.3 is 0 Å². The van der Waals surface area contributed by atoms with Gasteiger partial charge in [-0.15, -0.1) is 5.10 Å². The van der Waals surface area contributed by atoms with E-state index in [0.29, 0.717) is 5.95 Å². The molecule has 0 bridgehead atoms. The van der Waals surface area contributed by atoms with Crippen LogP contribution >= 0.6 is 0 Å². The van der Waals surface area contributed by atoms with E-state index in [1.165, 1.54) is 4.80 Å². The van der Waals surface area contributed by atoms with E-state index in [1.54, 1.807) is 14.1 Å². The molecular formula is C3H8N6. The first-order chi connectivity index (χ1) is 4.33. The topological polar surface area (TPSA) is 67.7 Å². The van der Waals surface area contributed by atoms with Gasteiger partial charge in [-0.25, -0.2) is 5.43 Å². The molecular weight excluding hydrogens is 120 g/mol. The Morgan fingerprint density at radius 1 is 1.56 bits per heavy atom. The molecule has 0 aliphatic rings. The molecule has 1 rings (SSSR count). The number of anilines is 1. The smallest absolute Gasteiger partial charge is 0.277 e. The number of hydrogen-bond acceptors (Lipinski definition) is 5. The average Bonchev–Trinajstić information content (AvgIpc) is 2.17. The van der Waals surface area contributed by atoms with Crippen molar-refractivity contribution in [3.63, 3.8) is 0 Å². The van der Waals surface area contributed by atoms with Crippen LogP contribution in [-0.4, -0.2) is 27.3 Å². The number of aryl methyl sites for hydroxylation is 1. The van der Waals surface area contributed by atoms with Crippen molar-refractivity contribution >= 4 is 5.95 Å². The summed E-state index contributed by atoms with van der Waals surface area (Å²) >= 11 is 0. The van der Waals surface area contributed by atoms with E-state index in [9.17, 15) is 0 Å². The number of hydrogen-bond donors (Lipinski definition) is 2. The van der Waals surface area contributed by atoms with Crippen LogP contribution in [0, 0.1) is 0 Å². The van der Waals surface area contributed by atoms with Gasteiger partial charge in [0.2, 0.25) is 0 Å². The number of nitrogens with zero attached hydrogens (tertiary/aromatic N) is 4. The van der Waals surface area contributed by atoms with E-state index in [4.69, 9.17) is 0 Å². The third kappa shape index (κ3) is 1.36. The molecule has 9 heavy (non-hydrogen) atoms. The van der Waals surface area contributed by atoms with Crippen molar-refractivity contribution in [3.8, 4) is 0 Å². The van der Waals surface area contributed by atoms with Gasteiger partial charge in [-0.05, 0) is 5.21 Å². The van der Waals surface area contributed by atoms with Crippen LogP contribution in [0.4, 0.5) is 5.95 Å². The molecule has 0 unspecified atom stereocenters. The highest BCUT2D eigenvalue weighted by Crippen LogP contribution is 1.85. The molecule has 50 valence electrons.